The number of carbonyl (C=O) groups excluding carboxylic acids is 2. The van der Waals surface area contributed by atoms with E-state index in [-0.39, 0.29) is 24.5 Å². The average molecular weight is 370 g/mol. The Morgan fingerprint density at radius 2 is 2.07 bits per heavy atom. The summed E-state index contributed by atoms with van der Waals surface area (Å²) in [6.07, 6.45) is 0.173. The molecule has 2 fully saturated rings. The fourth-order valence-electron chi connectivity index (χ4n) is 3.60. The van der Waals surface area contributed by atoms with Gasteiger partial charge in [-0.3, -0.25) is 14.5 Å². The molecule has 1 aromatic carbocycles. The summed E-state index contributed by atoms with van der Waals surface area (Å²) < 4.78 is 5.75. The van der Waals surface area contributed by atoms with Gasteiger partial charge in [0.05, 0.1) is 30.4 Å². The largest absolute Gasteiger partial charge is 0.375 e. The molecular formula is C20H26N4O3. The molecule has 1 atom stereocenters. The Morgan fingerprint density at radius 3 is 2.78 bits per heavy atom. The minimum Gasteiger partial charge on any atom is -0.375 e. The summed E-state index contributed by atoms with van der Waals surface area (Å²) in [4.78, 5) is 30.8. The van der Waals surface area contributed by atoms with Crippen molar-refractivity contribution in [2.45, 2.75) is 32.4 Å². The Balaban J connectivity index is 1.58. The highest BCUT2D eigenvalue weighted by molar-refractivity contribution is 5.98. The lowest BCUT2D eigenvalue weighted by molar-refractivity contribution is -0.141. The number of hydrogen-bond acceptors (Lipinski definition) is 5. The van der Waals surface area contributed by atoms with Crippen LogP contribution in [0.3, 0.4) is 0 Å². The van der Waals surface area contributed by atoms with E-state index in [0.717, 1.165) is 13.1 Å². The second-order valence-electron chi connectivity index (χ2n) is 7.28. The molecule has 2 aliphatic rings. The van der Waals surface area contributed by atoms with Crippen molar-refractivity contribution >= 4 is 17.5 Å². The number of para-hydroxylation sites is 1. The molecule has 0 unspecified atom stereocenters. The molecule has 0 N–H and O–H groups in total. The summed E-state index contributed by atoms with van der Waals surface area (Å²) in [7, 11) is 0. The number of benzene rings is 1. The van der Waals surface area contributed by atoms with Crippen molar-refractivity contribution in [3.8, 4) is 6.07 Å². The van der Waals surface area contributed by atoms with Crippen LogP contribution < -0.4 is 4.90 Å². The van der Waals surface area contributed by atoms with Crippen LogP contribution in [0.25, 0.3) is 0 Å². The van der Waals surface area contributed by atoms with E-state index in [1.807, 2.05) is 6.07 Å². The monoisotopic (exact) mass is 370 g/mol. The van der Waals surface area contributed by atoms with Gasteiger partial charge in [0.2, 0.25) is 11.8 Å². The molecule has 7 heteroatoms. The number of nitrogens with zero attached hydrogens (tertiary/aromatic N) is 4. The molecule has 2 amide bonds. The molecule has 27 heavy (non-hydrogen) atoms. The summed E-state index contributed by atoms with van der Waals surface area (Å²) in [6.45, 7) is 7.44. The molecule has 0 aromatic heterocycles. The maximum Gasteiger partial charge on any atom is 0.246 e. The highest BCUT2D eigenvalue weighted by Crippen LogP contribution is 2.22. The predicted octanol–water partition coefficient (Wildman–Crippen LogP) is 1.23. The molecule has 7 nitrogen and oxygen atoms in total. The van der Waals surface area contributed by atoms with Crippen LogP contribution in [-0.4, -0.2) is 73.1 Å². The Labute approximate surface area is 160 Å². The number of hydrogen-bond donors (Lipinski definition) is 0. The lowest BCUT2D eigenvalue weighted by Crippen LogP contribution is -2.54. The van der Waals surface area contributed by atoms with Crippen LogP contribution in [0.15, 0.2) is 24.3 Å². The van der Waals surface area contributed by atoms with Crippen LogP contribution in [0.1, 0.15) is 25.8 Å². The molecule has 1 aromatic rings. The number of piperazine rings is 1. The van der Waals surface area contributed by atoms with Crippen LogP contribution in [-0.2, 0) is 14.3 Å². The van der Waals surface area contributed by atoms with Gasteiger partial charge in [-0.25, -0.2) is 0 Å². The van der Waals surface area contributed by atoms with Gasteiger partial charge in [-0.2, -0.15) is 5.26 Å². The van der Waals surface area contributed by atoms with Crippen molar-refractivity contribution in [2.24, 2.45) is 0 Å². The lowest BCUT2D eigenvalue weighted by atomic mass is 10.1. The van der Waals surface area contributed by atoms with Gasteiger partial charge in [-0.05, 0) is 26.0 Å². The molecule has 0 radical (unpaired) electrons. The first-order chi connectivity index (χ1) is 13.0. The van der Waals surface area contributed by atoms with Crippen molar-refractivity contribution in [3.05, 3.63) is 29.8 Å². The van der Waals surface area contributed by atoms with Gasteiger partial charge in [0, 0.05) is 32.2 Å². The Morgan fingerprint density at radius 1 is 1.30 bits per heavy atom. The Kier molecular flexibility index (Phi) is 6.09. The van der Waals surface area contributed by atoms with Crippen LogP contribution in [0.4, 0.5) is 5.69 Å². The smallest absolute Gasteiger partial charge is 0.246 e. The minimum absolute atomic E-state index is 0.0409. The summed E-state index contributed by atoms with van der Waals surface area (Å²) in [5.74, 6) is -0.210. The molecule has 0 saturated carbocycles. The lowest BCUT2D eigenvalue weighted by Gasteiger charge is -2.37. The maximum atomic E-state index is 12.7. The molecule has 2 aliphatic heterocycles. The zero-order valence-electron chi connectivity index (χ0n) is 15.9. The van der Waals surface area contributed by atoms with Crippen LogP contribution in [0.2, 0.25) is 0 Å². The number of anilines is 1. The number of amides is 2. The van der Waals surface area contributed by atoms with Gasteiger partial charge in [0.1, 0.15) is 12.6 Å². The molecule has 2 saturated heterocycles. The zero-order valence-corrected chi connectivity index (χ0v) is 15.9. The quantitative estimate of drug-likeness (QED) is 0.797. The second-order valence-corrected chi connectivity index (χ2v) is 7.28. The number of carbonyl (C=O) groups is 2. The highest BCUT2D eigenvalue weighted by atomic mass is 16.5. The fraction of sp³-hybridized carbons (Fsp3) is 0.550. The molecular weight excluding hydrogens is 344 g/mol. The molecule has 0 spiro atoms. The van der Waals surface area contributed by atoms with Gasteiger partial charge in [-0.15, -0.1) is 0 Å². The first-order valence-electron chi connectivity index (χ1n) is 9.42. The molecule has 144 valence electrons. The average Bonchev–Trinajstić information content (AvgIpc) is 2.68. The standard InChI is InChI=1S/C20H26N4O3/c1-15(2)22-9-10-27-17(13-22)11-19(25)23-7-8-24(20(26)14-23)18-6-4-3-5-16(18)12-21/h3-6,15,17H,7-11,13-14H2,1-2H3/t17-/m1/s1. The Bertz CT molecular complexity index is 743. The first-order valence-corrected chi connectivity index (χ1v) is 9.42. The van der Waals surface area contributed by atoms with Crippen molar-refractivity contribution in [2.75, 3.05) is 44.2 Å². The number of nitriles is 1. The highest BCUT2D eigenvalue weighted by Gasteiger charge is 2.31. The van der Waals surface area contributed by atoms with E-state index in [1.165, 1.54) is 0 Å². The summed E-state index contributed by atoms with van der Waals surface area (Å²) in [5, 5.41) is 9.25. The summed E-state index contributed by atoms with van der Waals surface area (Å²) in [5.41, 5.74) is 1.08. The van der Waals surface area contributed by atoms with E-state index in [4.69, 9.17) is 4.74 Å². The van der Waals surface area contributed by atoms with Crippen molar-refractivity contribution in [1.29, 1.82) is 5.26 Å². The van der Waals surface area contributed by atoms with Gasteiger partial charge in [-0.1, -0.05) is 12.1 Å². The minimum atomic E-state index is -0.161. The van der Waals surface area contributed by atoms with Crippen molar-refractivity contribution in [1.82, 2.24) is 9.80 Å². The fourth-order valence-corrected chi connectivity index (χ4v) is 3.60. The van der Waals surface area contributed by atoms with Gasteiger partial charge >= 0.3 is 0 Å². The van der Waals surface area contributed by atoms with Crippen LogP contribution in [0, 0.1) is 11.3 Å². The van der Waals surface area contributed by atoms with E-state index >= 15 is 0 Å². The molecule has 3 rings (SSSR count). The number of rotatable bonds is 4. The van der Waals surface area contributed by atoms with Gasteiger partial charge in [0.15, 0.2) is 0 Å². The predicted molar refractivity (Wildman–Crippen MR) is 101 cm³/mol. The summed E-state index contributed by atoms with van der Waals surface area (Å²) >= 11 is 0. The number of morpholine rings is 1. The second kappa shape index (κ2) is 8.51. The van der Waals surface area contributed by atoms with E-state index in [1.54, 1.807) is 28.0 Å². The molecule has 0 aliphatic carbocycles. The third-order valence-electron chi connectivity index (χ3n) is 5.19. The summed E-state index contributed by atoms with van der Waals surface area (Å²) in [6, 6.07) is 9.59. The van der Waals surface area contributed by atoms with E-state index in [9.17, 15) is 14.9 Å². The molecule has 0 bridgehead atoms. The normalized spacial score (nSPS) is 21.4. The van der Waals surface area contributed by atoms with Crippen molar-refractivity contribution in [3.63, 3.8) is 0 Å². The third kappa shape index (κ3) is 4.46. The number of ether oxygens (including phenoxy) is 1. The topological polar surface area (TPSA) is 76.9 Å². The maximum absolute atomic E-state index is 12.7. The molecule has 2 heterocycles. The van der Waals surface area contributed by atoms with E-state index in [2.05, 4.69) is 24.8 Å². The SMILES string of the molecule is CC(C)N1CCO[C@H](CC(=O)N2CCN(c3ccccc3C#N)C(=O)C2)C1. The Hall–Kier alpha value is -2.43. The van der Waals surface area contributed by atoms with Gasteiger partial charge < -0.3 is 14.5 Å². The van der Waals surface area contributed by atoms with E-state index < -0.39 is 0 Å². The zero-order chi connectivity index (χ0) is 19.4. The van der Waals surface area contributed by atoms with E-state index in [0.29, 0.717) is 43.4 Å². The first kappa shape index (κ1) is 19.3. The van der Waals surface area contributed by atoms with Crippen LogP contribution >= 0.6 is 0 Å². The van der Waals surface area contributed by atoms with Crippen molar-refractivity contribution < 1.29 is 14.3 Å². The van der Waals surface area contributed by atoms with Crippen LogP contribution in [0.5, 0.6) is 0 Å². The third-order valence-corrected chi connectivity index (χ3v) is 5.19. The van der Waals surface area contributed by atoms with Gasteiger partial charge in [0.25, 0.3) is 0 Å².